The van der Waals surface area contributed by atoms with E-state index < -0.39 is 0 Å². The maximum Gasteiger partial charge on any atom is 0.203 e. The highest BCUT2D eigenvalue weighted by Gasteiger charge is 2.25. The van der Waals surface area contributed by atoms with Gasteiger partial charge < -0.3 is 14.6 Å². The van der Waals surface area contributed by atoms with Gasteiger partial charge in [0.1, 0.15) is 0 Å². The summed E-state index contributed by atoms with van der Waals surface area (Å²) >= 11 is 0. The first-order valence-electron chi connectivity index (χ1n) is 7.39. The maximum absolute atomic E-state index is 5.15. The Bertz CT molecular complexity index is 402. The van der Waals surface area contributed by atoms with Crippen molar-refractivity contribution in [3.05, 3.63) is 11.9 Å². The lowest BCUT2D eigenvalue weighted by Crippen LogP contribution is -2.31. The number of nitrogens with one attached hydrogen (secondary N) is 1. The van der Waals surface area contributed by atoms with Gasteiger partial charge in [0.2, 0.25) is 5.95 Å². The zero-order valence-corrected chi connectivity index (χ0v) is 12.6. The number of ether oxygens (including phenoxy) is 1. The van der Waals surface area contributed by atoms with Crippen LogP contribution < -0.4 is 5.32 Å². The Balaban J connectivity index is 1.98. The molecular weight excluding hydrogens is 238 g/mol. The van der Waals surface area contributed by atoms with Gasteiger partial charge in [0.25, 0.3) is 0 Å². The lowest BCUT2D eigenvalue weighted by atomic mass is 9.79. The van der Waals surface area contributed by atoms with Crippen LogP contribution in [0.3, 0.4) is 0 Å². The largest absolute Gasteiger partial charge is 0.383 e. The van der Waals surface area contributed by atoms with Crippen molar-refractivity contribution >= 4 is 5.95 Å². The number of rotatable bonds is 5. The van der Waals surface area contributed by atoms with Gasteiger partial charge in [-0.3, -0.25) is 0 Å². The summed E-state index contributed by atoms with van der Waals surface area (Å²) in [6, 6.07) is 0.564. The molecule has 19 heavy (non-hydrogen) atoms. The molecule has 4 nitrogen and oxygen atoms in total. The molecule has 1 aliphatic rings. The first-order chi connectivity index (χ1) is 9.10. The highest BCUT2D eigenvalue weighted by molar-refractivity contribution is 5.30. The van der Waals surface area contributed by atoms with Crippen LogP contribution in [0.5, 0.6) is 0 Å². The molecular formula is C15H27N3O. The summed E-state index contributed by atoms with van der Waals surface area (Å²) in [7, 11) is 1.74. The summed E-state index contributed by atoms with van der Waals surface area (Å²) in [5.74, 6) is 2.66. The number of nitrogens with zero attached hydrogens (tertiary/aromatic N) is 2. The summed E-state index contributed by atoms with van der Waals surface area (Å²) in [6.07, 6.45) is 5.91. The average Bonchev–Trinajstić information content (AvgIpc) is 2.71. The quantitative estimate of drug-likeness (QED) is 0.889. The van der Waals surface area contributed by atoms with E-state index in [1.165, 1.54) is 19.3 Å². The number of hydrogen-bond acceptors (Lipinski definition) is 3. The fourth-order valence-corrected chi connectivity index (χ4v) is 2.88. The minimum atomic E-state index is 0.564. The van der Waals surface area contributed by atoms with E-state index in [0.29, 0.717) is 6.04 Å². The van der Waals surface area contributed by atoms with E-state index in [-0.39, 0.29) is 0 Å². The Morgan fingerprint density at radius 2 is 2.16 bits per heavy atom. The van der Waals surface area contributed by atoms with Gasteiger partial charge in [-0.05, 0) is 38.0 Å². The van der Waals surface area contributed by atoms with Crippen molar-refractivity contribution in [2.24, 2.45) is 11.8 Å². The highest BCUT2D eigenvalue weighted by atomic mass is 16.5. The summed E-state index contributed by atoms with van der Waals surface area (Å²) in [5.41, 5.74) is 1.07. The zero-order chi connectivity index (χ0) is 13.8. The van der Waals surface area contributed by atoms with Crippen LogP contribution in [0, 0.1) is 18.8 Å². The lowest BCUT2D eigenvalue weighted by Gasteiger charge is -2.32. The van der Waals surface area contributed by atoms with Crippen LogP contribution >= 0.6 is 0 Å². The molecule has 1 aromatic heterocycles. The molecule has 1 N–H and O–H groups in total. The summed E-state index contributed by atoms with van der Waals surface area (Å²) in [6.45, 7) is 8.35. The molecule has 3 unspecified atom stereocenters. The fourth-order valence-electron chi connectivity index (χ4n) is 2.88. The SMILES string of the molecule is COCCn1cc(C)nc1NC1CCC(C)C(C)C1. The van der Waals surface area contributed by atoms with E-state index in [1.54, 1.807) is 7.11 Å². The lowest BCUT2D eigenvalue weighted by molar-refractivity contribution is 0.187. The molecule has 0 radical (unpaired) electrons. The van der Waals surface area contributed by atoms with Gasteiger partial charge in [-0.2, -0.15) is 0 Å². The third-order valence-electron chi connectivity index (χ3n) is 4.36. The molecule has 1 aliphatic carbocycles. The molecule has 1 saturated carbocycles. The van der Waals surface area contributed by atoms with Crippen molar-refractivity contribution in [3.8, 4) is 0 Å². The van der Waals surface area contributed by atoms with E-state index in [9.17, 15) is 0 Å². The Labute approximate surface area is 116 Å². The number of hydrogen-bond donors (Lipinski definition) is 1. The minimum Gasteiger partial charge on any atom is -0.383 e. The van der Waals surface area contributed by atoms with Crippen LogP contribution in [0.15, 0.2) is 6.20 Å². The molecule has 0 amide bonds. The smallest absolute Gasteiger partial charge is 0.203 e. The topological polar surface area (TPSA) is 39.1 Å². The predicted molar refractivity (Wildman–Crippen MR) is 78.4 cm³/mol. The molecule has 0 spiro atoms. The minimum absolute atomic E-state index is 0.564. The third-order valence-corrected chi connectivity index (χ3v) is 4.36. The maximum atomic E-state index is 5.15. The van der Waals surface area contributed by atoms with E-state index in [2.05, 4.69) is 34.9 Å². The first kappa shape index (κ1) is 14.4. The molecule has 1 aromatic rings. The Kier molecular flexibility index (Phi) is 4.86. The van der Waals surface area contributed by atoms with E-state index in [4.69, 9.17) is 4.74 Å². The second-order valence-electron chi connectivity index (χ2n) is 6.00. The average molecular weight is 265 g/mol. The third kappa shape index (κ3) is 3.72. The molecule has 0 saturated heterocycles. The molecule has 0 aromatic carbocycles. The zero-order valence-electron chi connectivity index (χ0n) is 12.6. The van der Waals surface area contributed by atoms with Crippen LogP contribution in [0.1, 0.15) is 38.8 Å². The summed E-state index contributed by atoms with van der Waals surface area (Å²) in [4.78, 5) is 4.60. The number of imidazole rings is 1. The Morgan fingerprint density at radius 1 is 1.37 bits per heavy atom. The fraction of sp³-hybridized carbons (Fsp3) is 0.800. The van der Waals surface area contributed by atoms with Crippen LogP contribution in [0.25, 0.3) is 0 Å². The standard InChI is InChI=1S/C15H27N3O/c1-11-5-6-14(9-12(11)2)17-15-16-13(3)10-18(15)7-8-19-4/h10-12,14H,5-9H2,1-4H3,(H,16,17). The van der Waals surface area contributed by atoms with Crippen molar-refractivity contribution in [1.82, 2.24) is 9.55 Å². The molecule has 1 fully saturated rings. The molecule has 3 atom stereocenters. The van der Waals surface area contributed by atoms with Crippen molar-refractivity contribution in [3.63, 3.8) is 0 Å². The molecule has 1 heterocycles. The van der Waals surface area contributed by atoms with Crippen molar-refractivity contribution in [2.45, 2.75) is 52.6 Å². The molecule has 0 bridgehead atoms. The van der Waals surface area contributed by atoms with Crippen LogP contribution in [-0.4, -0.2) is 29.3 Å². The van der Waals surface area contributed by atoms with Gasteiger partial charge in [0, 0.05) is 25.9 Å². The van der Waals surface area contributed by atoms with Crippen molar-refractivity contribution in [2.75, 3.05) is 19.0 Å². The molecule has 4 heteroatoms. The van der Waals surface area contributed by atoms with Gasteiger partial charge in [-0.25, -0.2) is 4.98 Å². The van der Waals surface area contributed by atoms with Crippen LogP contribution in [-0.2, 0) is 11.3 Å². The van der Waals surface area contributed by atoms with Gasteiger partial charge in [-0.1, -0.05) is 13.8 Å². The highest BCUT2D eigenvalue weighted by Crippen LogP contribution is 2.30. The summed E-state index contributed by atoms with van der Waals surface area (Å²) in [5, 5.41) is 3.63. The summed E-state index contributed by atoms with van der Waals surface area (Å²) < 4.78 is 7.32. The normalized spacial score (nSPS) is 27.5. The van der Waals surface area contributed by atoms with Crippen molar-refractivity contribution in [1.29, 1.82) is 0 Å². The first-order valence-corrected chi connectivity index (χ1v) is 7.39. The Hall–Kier alpha value is -1.03. The number of aryl methyl sites for hydroxylation is 1. The van der Waals surface area contributed by atoms with E-state index in [1.807, 2.05) is 6.92 Å². The molecule has 108 valence electrons. The number of methoxy groups -OCH3 is 1. The van der Waals surface area contributed by atoms with Crippen LogP contribution in [0.4, 0.5) is 5.95 Å². The van der Waals surface area contributed by atoms with Gasteiger partial charge in [-0.15, -0.1) is 0 Å². The second kappa shape index (κ2) is 6.42. The van der Waals surface area contributed by atoms with Gasteiger partial charge in [0.05, 0.1) is 12.3 Å². The number of aromatic nitrogens is 2. The number of anilines is 1. The van der Waals surface area contributed by atoms with E-state index >= 15 is 0 Å². The van der Waals surface area contributed by atoms with Gasteiger partial charge in [0.15, 0.2) is 0 Å². The van der Waals surface area contributed by atoms with Crippen LogP contribution in [0.2, 0.25) is 0 Å². The molecule has 0 aliphatic heterocycles. The van der Waals surface area contributed by atoms with Gasteiger partial charge >= 0.3 is 0 Å². The second-order valence-corrected chi connectivity index (χ2v) is 6.00. The molecule has 2 rings (SSSR count). The Morgan fingerprint density at radius 3 is 2.84 bits per heavy atom. The van der Waals surface area contributed by atoms with Crippen molar-refractivity contribution < 1.29 is 4.74 Å². The monoisotopic (exact) mass is 265 g/mol. The van der Waals surface area contributed by atoms with E-state index in [0.717, 1.165) is 36.6 Å². The predicted octanol–water partition coefficient (Wildman–Crippen LogP) is 3.07.